The van der Waals surface area contributed by atoms with Crippen LogP contribution in [0.4, 0.5) is 11.5 Å². The molecule has 3 nitrogen and oxygen atoms in total. The van der Waals surface area contributed by atoms with Gasteiger partial charge in [0.15, 0.2) is 0 Å². The molecule has 0 atom stereocenters. The molecule has 0 unspecified atom stereocenters. The van der Waals surface area contributed by atoms with Gasteiger partial charge in [-0.25, -0.2) is 9.97 Å². The fourth-order valence-electron chi connectivity index (χ4n) is 1.55. The molecule has 0 radical (unpaired) electrons. The van der Waals surface area contributed by atoms with Crippen molar-refractivity contribution in [3.63, 3.8) is 0 Å². The van der Waals surface area contributed by atoms with Crippen molar-refractivity contribution in [3.8, 4) is 0 Å². The third kappa shape index (κ3) is 3.75. The van der Waals surface area contributed by atoms with Crippen LogP contribution in [0.2, 0.25) is 15.2 Å². The zero-order valence-electron chi connectivity index (χ0n) is 11.3. The summed E-state index contributed by atoms with van der Waals surface area (Å²) in [6, 6.07) is 6.86. The monoisotopic (exact) mass is 329 g/mol. The molecule has 1 heterocycles. The van der Waals surface area contributed by atoms with Gasteiger partial charge in [-0.3, -0.25) is 0 Å². The maximum absolute atomic E-state index is 6.13. The van der Waals surface area contributed by atoms with Gasteiger partial charge in [-0.1, -0.05) is 55.6 Å². The summed E-state index contributed by atoms with van der Waals surface area (Å²) in [6.07, 6.45) is 0. The van der Waals surface area contributed by atoms with Gasteiger partial charge in [0, 0.05) is 16.5 Å². The Labute approximate surface area is 133 Å². The summed E-state index contributed by atoms with van der Waals surface area (Å²) in [4.78, 5) is 8.71. The van der Waals surface area contributed by atoms with Crippen molar-refractivity contribution >= 4 is 46.3 Å². The Morgan fingerprint density at radius 3 is 2.30 bits per heavy atom. The smallest absolute Gasteiger partial charge is 0.137 e. The third-order valence-corrected chi connectivity index (χ3v) is 3.30. The van der Waals surface area contributed by atoms with Crippen molar-refractivity contribution in [1.82, 2.24) is 9.97 Å². The summed E-state index contributed by atoms with van der Waals surface area (Å²) in [6.45, 7) is 6.08. The predicted octanol–water partition coefficient (Wildman–Crippen LogP) is 5.48. The highest BCUT2D eigenvalue weighted by Crippen LogP contribution is 2.29. The topological polar surface area (TPSA) is 37.8 Å². The Morgan fingerprint density at radius 2 is 1.70 bits per heavy atom. The number of hydrogen-bond donors (Lipinski definition) is 1. The average molecular weight is 331 g/mol. The van der Waals surface area contributed by atoms with Crippen LogP contribution in [0.3, 0.4) is 0 Å². The number of nitrogens with zero attached hydrogens (tertiary/aromatic N) is 2. The summed E-state index contributed by atoms with van der Waals surface area (Å²) < 4.78 is 0. The number of nitrogens with one attached hydrogen (secondary N) is 1. The minimum absolute atomic E-state index is 0.189. The van der Waals surface area contributed by atoms with E-state index in [0.717, 1.165) is 0 Å². The van der Waals surface area contributed by atoms with Crippen molar-refractivity contribution in [2.24, 2.45) is 0 Å². The van der Waals surface area contributed by atoms with Gasteiger partial charge in [-0.05, 0) is 18.2 Å². The number of rotatable bonds is 2. The van der Waals surface area contributed by atoms with Gasteiger partial charge in [0.2, 0.25) is 0 Å². The number of benzene rings is 1. The molecule has 0 spiro atoms. The summed E-state index contributed by atoms with van der Waals surface area (Å²) in [5, 5.41) is 4.61. The van der Waals surface area contributed by atoms with Crippen molar-refractivity contribution in [3.05, 3.63) is 45.3 Å². The second-order valence-corrected chi connectivity index (χ2v) is 6.63. The third-order valence-electron chi connectivity index (χ3n) is 2.56. The number of aromatic nitrogens is 2. The highest BCUT2D eigenvalue weighted by molar-refractivity contribution is 6.36. The molecule has 0 saturated carbocycles. The SMILES string of the molecule is CC(C)(C)c1nc(Cl)cc(Nc2ccc(Cl)cc2Cl)n1. The maximum Gasteiger partial charge on any atom is 0.137 e. The Morgan fingerprint density at radius 1 is 1.00 bits per heavy atom. The lowest BCUT2D eigenvalue weighted by atomic mass is 9.96. The largest absolute Gasteiger partial charge is 0.339 e. The Kier molecular flexibility index (Phi) is 4.43. The normalized spacial score (nSPS) is 11.5. The standard InChI is InChI=1S/C14H14Cl3N3/c1-14(2,3)13-19-11(17)7-12(20-13)18-10-5-4-8(15)6-9(10)16/h4-7H,1-3H3,(H,18,19,20). The first kappa shape index (κ1) is 15.4. The number of halogens is 3. The molecule has 20 heavy (non-hydrogen) atoms. The molecule has 0 aliphatic carbocycles. The highest BCUT2D eigenvalue weighted by Gasteiger charge is 2.19. The van der Waals surface area contributed by atoms with Crippen molar-refractivity contribution < 1.29 is 0 Å². The van der Waals surface area contributed by atoms with E-state index in [4.69, 9.17) is 34.8 Å². The van der Waals surface area contributed by atoms with E-state index < -0.39 is 0 Å². The Balaban J connectivity index is 2.36. The van der Waals surface area contributed by atoms with E-state index in [1.165, 1.54) is 0 Å². The minimum Gasteiger partial charge on any atom is -0.339 e. The fraction of sp³-hybridized carbons (Fsp3) is 0.286. The molecule has 6 heteroatoms. The second kappa shape index (κ2) is 5.76. The first-order chi connectivity index (χ1) is 9.25. The van der Waals surface area contributed by atoms with Crippen molar-refractivity contribution in [2.75, 3.05) is 5.32 Å². The molecule has 0 bridgehead atoms. The molecule has 0 fully saturated rings. The van der Waals surface area contributed by atoms with Crippen LogP contribution >= 0.6 is 34.8 Å². The molecule has 1 N–H and O–H groups in total. The highest BCUT2D eigenvalue weighted by atomic mass is 35.5. The molecule has 0 aliphatic heterocycles. The number of hydrogen-bond acceptors (Lipinski definition) is 3. The molecule has 0 aliphatic rings. The van der Waals surface area contributed by atoms with E-state index in [9.17, 15) is 0 Å². The van der Waals surface area contributed by atoms with E-state index in [2.05, 4.69) is 15.3 Å². The summed E-state index contributed by atoms with van der Waals surface area (Å²) in [5.74, 6) is 1.26. The van der Waals surface area contributed by atoms with Gasteiger partial charge in [-0.2, -0.15) is 0 Å². The molecular weight excluding hydrogens is 317 g/mol. The van der Waals surface area contributed by atoms with Gasteiger partial charge in [0.05, 0.1) is 10.7 Å². The van der Waals surface area contributed by atoms with Crippen LogP contribution < -0.4 is 5.32 Å². The van der Waals surface area contributed by atoms with Crippen LogP contribution in [0.25, 0.3) is 0 Å². The molecule has 2 aromatic rings. The molecule has 1 aromatic heterocycles. The Bertz CT molecular complexity index is 636. The average Bonchev–Trinajstić information content (AvgIpc) is 2.31. The maximum atomic E-state index is 6.13. The van der Waals surface area contributed by atoms with Crippen molar-refractivity contribution in [1.29, 1.82) is 0 Å². The quantitative estimate of drug-likeness (QED) is 0.741. The van der Waals surface area contributed by atoms with E-state index in [1.54, 1.807) is 24.3 Å². The summed E-state index contributed by atoms with van der Waals surface area (Å²) in [7, 11) is 0. The van der Waals surface area contributed by atoms with Crippen LogP contribution in [0.1, 0.15) is 26.6 Å². The first-order valence-electron chi connectivity index (χ1n) is 6.03. The van der Waals surface area contributed by atoms with Crippen LogP contribution in [0, 0.1) is 0 Å². The van der Waals surface area contributed by atoms with Gasteiger partial charge in [-0.15, -0.1) is 0 Å². The second-order valence-electron chi connectivity index (χ2n) is 5.40. The van der Waals surface area contributed by atoms with Gasteiger partial charge >= 0.3 is 0 Å². The van der Waals surface area contributed by atoms with Crippen molar-refractivity contribution in [2.45, 2.75) is 26.2 Å². The van der Waals surface area contributed by atoms with Gasteiger partial charge in [0.25, 0.3) is 0 Å². The van der Waals surface area contributed by atoms with Crippen LogP contribution in [0.15, 0.2) is 24.3 Å². The molecule has 1 aromatic carbocycles. The Hall–Kier alpha value is -1.03. The van der Waals surface area contributed by atoms with E-state index >= 15 is 0 Å². The van der Waals surface area contributed by atoms with Gasteiger partial charge < -0.3 is 5.32 Å². The summed E-state index contributed by atoms with van der Waals surface area (Å²) >= 11 is 18.0. The predicted molar refractivity (Wildman–Crippen MR) is 85.5 cm³/mol. The molecular formula is C14H14Cl3N3. The van der Waals surface area contributed by atoms with Crippen LogP contribution in [0.5, 0.6) is 0 Å². The zero-order chi connectivity index (χ0) is 14.9. The molecule has 0 saturated heterocycles. The van der Waals surface area contributed by atoms with Crippen LogP contribution in [-0.4, -0.2) is 9.97 Å². The molecule has 0 amide bonds. The fourth-order valence-corrected chi connectivity index (χ4v) is 2.19. The minimum atomic E-state index is -0.189. The first-order valence-corrected chi connectivity index (χ1v) is 7.16. The lowest BCUT2D eigenvalue weighted by Crippen LogP contribution is -2.16. The van der Waals surface area contributed by atoms with Gasteiger partial charge in [0.1, 0.15) is 16.8 Å². The lowest BCUT2D eigenvalue weighted by molar-refractivity contribution is 0.546. The summed E-state index contributed by atoms with van der Waals surface area (Å²) in [5.41, 5.74) is 0.524. The lowest BCUT2D eigenvalue weighted by Gasteiger charge is -2.18. The van der Waals surface area contributed by atoms with E-state index in [1.807, 2.05) is 20.8 Å². The van der Waals surface area contributed by atoms with Crippen LogP contribution in [-0.2, 0) is 5.41 Å². The van der Waals surface area contributed by atoms with E-state index in [0.29, 0.717) is 32.5 Å². The zero-order valence-corrected chi connectivity index (χ0v) is 13.6. The molecule has 2 rings (SSSR count). The number of anilines is 2. The molecule has 106 valence electrons. The van der Waals surface area contributed by atoms with E-state index in [-0.39, 0.29) is 5.41 Å².